The fraction of sp³-hybridized carbons (Fsp3) is 0.619. The quantitative estimate of drug-likeness (QED) is 0.818. The van der Waals surface area contributed by atoms with Gasteiger partial charge in [0, 0.05) is 36.6 Å². The second-order valence-electron chi connectivity index (χ2n) is 7.89. The zero-order valence-corrected chi connectivity index (χ0v) is 16.4. The number of likely N-dealkylation sites (tertiary alicyclic amines) is 1. The summed E-state index contributed by atoms with van der Waals surface area (Å²) in [5, 5.41) is 0. The average molecular weight is 373 g/mol. The maximum atomic E-state index is 13.4. The van der Waals surface area contributed by atoms with Crippen LogP contribution in [0, 0.1) is 6.92 Å². The molecule has 0 aromatic heterocycles. The number of aryl methyl sites for hydroxylation is 1. The summed E-state index contributed by atoms with van der Waals surface area (Å²) in [4.78, 5) is 30.4. The van der Waals surface area contributed by atoms with Crippen LogP contribution in [0.15, 0.2) is 18.2 Å². The second kappa shape index (κ2) is 7.73. The molecule has 1 aromatic carbocycles. The van der Waals surface area contributed by atoms with E-state index < -0.39 is 0 Å². The van der Waals surface area contributed by atoms with E-state index in [9.17, 15) is 9.59 Å². The van der Waals surface area contributed by atoms with Crippen molar-refractivity contribution in [3.8, 4) is 0 Å². The van der Waals surface area contributed by atoms with Crippen LogP contribution in [-0.4, -0.2) is 65.2 Å². The molecule has 4 rings (SSSR count). The van der Waals surface area contributed by atoms with Crippen molar-refractivity contribution < 1.29 is 9.59 Å². The predicted molar refractivity (Wildman–Crippen MR) is 106 cm³/mol. The summed E-state index contributed by atoms with van der Waals surface area (Å²) >= 11 is 1.96. The lowest BCUT2D eigenvalue weighted by Gasteiger charge is -2.40. The summed E-state index contributed by atoms with van der Waals surface area (Å²) in [6, 6.07) is 6.25. The number of rotatable bonds is 3. The van der Waals surface area contributed by atoms with Crippen LogP contribution in [-0.2, 0) is 4.79 Å². The Morgan fingerprint density at radius 3 is 2.81 bits per heavy atom. The Morgan fingerprint density at radius 1 is 1.19 bits per heavy atom. The molecule has 0 spiro atoms. The molecule has 5 heteroatoms. The standard InChI is InChI=1S/C21H28N2O2S/c1-15-5-6-17-18(11-15)20(24)12-19(17)21(25)23-9-10-26-14-16(23)13-22-7-3-2-4-8-22/h5-6,11,16,19H,2-4,7-10,12-14H2,1H3. The number of piperidine rings is 1. The van der Waals surface area contributed by atoms with Gasteiger partial charge in [0.05, 0.1) is 12.0 Å². The van der Waals surface area contributed by atoms with Gasteiger partial charge in [0.2, 0.25) is 5.91 Å². The molecule has 1 aliphatic carbocycles. The van der Waals surface area contributed by atoms with Gasteiger partial charge in [-0.15, -0.1) is 0 Å². The third-order valence-electron chi connectivity index (χ3n) is 6.00. The van der Waals surface area contributed by atoms with E-state index >= 15 is 0 Å². The predicted octanol–water partition coefficient (Wildman–Crippen LogP) is 3.09. The van der Waals surface area contributed by atoms with Crippen molar-refractivity contribution in [1.29, 1.82) is 0 Å². The van der Waals surface area contributed by atoms with Gasteiger partial charge in [-0.2, -0.15) is 11.8 Å². The van der Waals surface area contributed by atoms with Crippen LogP contribution in [0.3, 0.4) is 0 Å². The van der Waals surface area contributed by atoms with E-state index in [2.05, 4.69) is 9.80 Å². The van der Waals surface area contributed by atoms with Crippen LogP contribution < -0.4 is 0 Å². The van der Waals surface area contributed by atoms with Crippen molar-refractivity contribution in [3.63, 3.8) is 0 Å². The number of benzene rings is 1. The smallest absolute Gasteiger partial charge is 0.230 e. The van der Waals surface area contributed by atoms with Crippen molar-refractivity contribution >= 4 is 23.5 Å². The van der Waals surface area contributed by atoms with E-state index in [1.54, 1.807) is 0 Å². The first-order chi connectivity index (χ1) is 12.6. The number of carbonyl (C=O) groups excluding carboxylic acids is 2. The Balaban J connectivity index is 1.51. The van der Waals surface area contributed by atoms with Crippen LogP contribution in [0.2, 0.25) is 0 Å². The lowest BCUT2D eigenvalue weighted by molar-refractivity contribution is -0.135. The maximum absolute atomic E-state index is 13.4. The first kappa shape index (κ1) is 18.1. The zero-order chi connectivity index (χ0) is 18.1. The van der Waals surface area contributed by atoms with Crippen LogP contribution >= 0.6 is 11.8 Å². The van der Waals surface area contributed by atoms with Crippen LogP contribution in [0.4, 0.5) is 0 Å². The molecule has 2 fully saturated rings. The molecule has 2 atom stereocenters. The van der Waals surface area contributed by atoms with E-state index in [-0.39, 0.29) is 23.7 Å². The number of amides is 1. The zero-order valence-electron chi connectivity index (χ0n) is 15.6. The third kappa shape index (κ3) is 3.56. The Kier molecular flexibility index (Phi) is 5.37. The molecule has 0 saturated carbocycles. The number of nitrogens with zero attached hydrogens (tertiary/aromatic N) is 2. The highest BCUT2D eigenvalue weighted by Crippen LogP contribution is 2.36. The summed E-state index contributed by atoms with van der Waals surface area (Å²) in [6.45, 7) is 6.12. The SMILES string of the molecule is Cc1ccc2c(c1)C(=O)CC2C(=O)N1CCSCC1CN1CCCCC1. The highest BCUT2D eigenvalue weighted by atomic mass is 32.2. The Hall–Kier alpha value is -1.33. The van der Waals surface area contributed by atoms with Crippen molar-refractivity contribution in [3.05, 3.63) is 34.9 Å². The third-order valence-corrected chi connectivity index (χ3v) is 7.09. The van der Waals surface area contributed by atoms with E-state index in [1.807, 2.05) is 36.9 Å². The molecule has 3 aliphatic rings. The normalized spacial score (nSPS) is 26.8. The first-order valence-electron chi connectivity index (χ1n) is 9.88. The van der Waals surface area contributed by atoms with Gasteiger partial charge in [-0.1, -0.05) is 24.1 Å². The Labute approximate surface area is 160 Å². The molecule has 26 heavy (non-hydrogen) atoms. The number of carbonyl (C=O) groups is 2. The summed E-state index contributed by atoms with van der Waals surface area (Å²) in [6.07, 6.45) is 4.23. The molecule has 140 valence electrons. The molecule has 2 saturated heterocycles. The summed E-state index contributed by atoms with van der Waals surface area (Å²) in [5.41, 5.74) is 2.80. The van der Waals surface area contributed by atoms with Crippen molar-refractivity contribution in [1.82, 2.24) is 9.80 Å². The first-order valence-corrected chi connectivity index (χ1v) is 11.0. The number of ketones is 1. The molecule has 1 aromatic rings. The lowest BCUT2D eigenvalue weighted by Crippen LogP contribution is -2.53. The minimum atomic E-state index is -0.273. The van der Waals surface area contributed by atoms with E-state index in [0.717, 1.165) is 54.4 Å². The van der Waals surface area contributed by atoms with Gasteiger partial charge in [0.1, 0.15) is 0 Å². The van der Waals surface area contributed by atoms with Crippen molar-refractivity contribution in [2.24, 2.45) is 0 Å². The largest absolute Gasteiger partial charge is 0.336 e. The van der Waals surface area contributed by atoms with Crippen LogP contribution in [0.5, 0.6) is 0 Å². The Bertz CT molecular complexity index is 699. The van der Waals surface area contributed by atoms with Crippen molar-refractivity contribution in [2.75, 3.05) is 37.7 Å². The van der Waals surface area contributed by atoms with Crippen LogP contribution in [0.1, 0.15) is 53.1 Å². The highest BCUT2D eigenvalue weighted by Gasteiger charge is 2.39. The van der Waals surface area contributed by atoms with E-state index in [1.165, 1.54) is 19.3 Å². The second-order valence-corrected chi connectivity index (χ2v) is 9.04. The van der Waals surface area contributed by atoms with Gasteiger partial charge >= 0.3 is 0 Å². The molecule has 0 bridgehead atoms. The fourth-order valence-corrected chi connectivity index (χ4v) is 5.63. The molecule has 0 radical (unpaired) electrons. The molecular formula is C21H28N2O2S. The molecule has 2 unspecified atom stereocenters. The summed E-state index contributed by atoms with van der Waals surface area (Å²) in [5.74, 6) is 2.04. The molecule has 2 aliphatic heterocycles. The molecule has 2 heterocycles. The number of Topliss-reactive ketones (excluding diaryl/α,β-unsaturated/α-hetero) is 1. The van der Waals surface area contributed by atoms with E-state index in [0.29, 0.717) is 6.42 Å². The number of thioether (sulfide) groups is 1. The van der Waals surface area contributed by atoms with Gasteiger partial charge in [0.15, 0.2) is 5.78 Å². The maximum Gasteiger partial charge on any atom is 0.230 e. The lowest BCUT2D eigenvalue weighted by atomic mass is 9.97. The minimum Gasteiger partial charge on any atom is -0.336 e. The van der Waals surface area contributed by atoms with E-state index in [4.69, 9.17) is 0 Å². The minimum absolute atomic E-state index is 0.126. The van der Waals surface area contributed by atoms with Gasteiger partial charge in [-0.3, -0.25) is 9.59 Å². The van der Waals surface area contributed by atoms with Crippen LogP contribution in [0.25, 0.3) is 0 Å². The van der Waals surface area contributed by atoms with Gasteiger partial charge in [-0.05, 0) is 44.5 Å². The fourth-order valence-electron chi connectivity index (χ4n) is 4.58. The number of hydrogen-bond donors (Lipinski definition) is 0. The van der Waals surface area contributed by atoms with Gasteiger partial charge in [0.25, 0.3) is 0 Å². The molecular weight excluding hydrogens is 344 g/mol. The number of fused-ring (bicyclic) bond motifs is 1. The molecule has 1 amide bonds. The summed E-state index contributed by atoms with van der Waals surface area (Å²) in [7, 11) is 0. The monoisotopic (exact) mass is 372 g/mol. The summed E-state index contributed by atoms with van der Waals surface area (Å²) < 4.78 is 0. The molecule has 4 nitrogen and oxygen atoms in total. The van der Waals surface area contributed by atoms with Crippen molar-refractivity contribution in [2.45, 2.75) is 44.6 Å². The number of hydrogen-bond acceptors (Lipinski definition) is 4. The topological polar surface area (TPSA) is 40.6 Å². The Morgan fingerprint density at radius 2 is 2.00 bits per heavy atom. The van der Waals surface area contributed by atoms with Gasteiger partial charge in [-0.25, -0.2) is 0 Å². The average Bonchev–Trinajstić information content (AvgIpc) is 2.99. The van der Waals surface area contributed by atoms with Gasteiger partial charge < -0.3 is 9.80 Å². The molecule has 0 N–H and O–H groups in total. The highest BCUT2D eigenvalue weighted by molar-refractivity contribution is 7.99.